The summed E-state index contributed by atoms with van der Waals surface area (Å²) in [6.45, 7) is 2.15. The highest BCUT2D eigenvalue weighted by Gasteiger charge is 2.58. The maximum atomic E-state index is 12.5. The van der Waals surface area contributed by atoms with Gasteiger partial charge in [0.25, 0.3) is 0 Å². The summed E-state index contributed by atoms with van der Waals surface area (Å²) in [5, 5.41) is 0. The summed E-state index contributed by atoms with van der Waals surface area (Å²) in [5.74, 6) is 4.05. The van der Waals surface area contributed by atoms with E-state index in [1.807, 2.05) is 24.3 Å². The minimum absolute atomic E-state index is 0.0274. The van der Waals surface area contributed by atoms with E-state index in [2.05, 4.69) is 6.92 Å². The third-order valence-electron chi connectivity index (χ3n) is 6.79. The molecule has 1 aromatic carbocycles. The van der Waals surface area contributed by atoms with E-state index in [1.165, 1.54) is 32.1 Å². The van der Waals surface area contributed by atoms with Crippen molar-refractivity contribution in [2.24, 2.45) is 23.7 Å². The highest BCUT2D eigenvalue weighted by molar-refractivity contribution is 5.71. The number of methoxy groups -OCH3 is 1. The number of rotatable bonds is 6. The van der Waals surface area contributed by atoms with Gasteiger partial charge in [0.1, 0.15) is 17.1 Å². The van der Waals surface area contributed by atoms with Crippen molar-refractivity contribution in [2.75, 3.05) is 13.7 Å². The Labute approximate surface area is 149 Å². The average Bonchev–Trinajstić information content (AvgIpc) is 2.63. The molecule has 4 saturated carbocycles. The smallest absolute Gasteiger partial charge is 0.344 e. The summed E-state index contributed by atoms with van der Waals surface area (Å²) in [5.41, 5.74) is -0.242. The maximum absolute atomic E-state index is 12.5. The fourth-order valence-electron chi connectivity index (χ4n) is 5.85. The molecule has 4 bridgehead atoms. The van der Waals surface area contributed by atoms with Crippen molar-refractivity contribution in [3.8, 4) is 11.5 Å². The van der Waals surface area contributed by atoms with E-state index in [0.29, 0.717) is 17.6 Å². The molecule has 4 fully saturated rings. The lowest BCUT2D eigenvalue weighted by atomic mass is 9.49. The zero-order valence-electron chi connectivity index (χ0n) is 15.2. The number of carbonyl (C=O) groups is 1. The summed E-state index contributed by atoms with van der Waals surface area (Å²) >= 11 is 0. The van der Waals surface area contributed by atoms with Crippen molar-refractivity contribution in [3.05, 3.63) is 24.3 Å². The molecule has 1 aromatic rings. The summed E-state index contributed by atoms with van der Waals surface area (Å²) in [6, 6.07) is 7.27. The number of benzene rings is 1. The summed E-state index contributed by atoms with van der Waals surface area (Å²) in [4.78, 5) is 12.5. The minimum Gasteiger partial charge on any atom is -0.497 e. The van der Waals surface area contributed by atoms with Gasteiger partial charge in [-0.15, -0.1) is 0 Å². The first-order valence-corrected chi connectivity index (χ1v) is 9.61. The van der Waals surface area contributed by atoms with Crippen LogP contribution in [0.3, 0.4) is 0 Å². The molecule has 0 unspecified atom stereocenters. The minimum atomic E-state index is -0.242. The molecule has 0 atom stereocenters. The molecule has 4 aliphatic rings. The summed E-state index contributed by atoms with van der Waals surface area (Å²) in [6.07, 6.45) is 7.30. The van der Waals surface area contributed by atoms with Gasteiger partial charge in [0.05, 0.1) is 7.11 Å². The molecule has 0 amide bonds. The van der Waals surface area contributed by atoms with Crippen LogP contribution in [0.4, 0.5) is 0 Å². The largest absolute Gasteiger partial charge is 0.497 e. The third kappa shape index (κ3) is 3.00. The molecule has 0 aliphatic heterocycles. The summed E-state index contributed by atoms with van der Waals surface area (Å²) < 4.78 is 16.9. The first kappa shape index (κ1) is 16.7. The lowest BCUT2D eigenvalue weighted by molar-refractivity contribution is -0.212. The molecule has 0 spiro atoms. The molecule has 4 heteroatoms. The molecule has 25 heavy (non-hydrogen) atoms. The van der Waals surface area contributed by atoms with Crippen LogP contribution in [-0.2, 0) is 9.53 Å². The zero-order chi connectivity index (χ0) is 17.4. The molecule has 136 valence electrons. The van der Waals surface area contributed by atoms with Gasteiger partial charge in [0, 0.05) is 0 Å². The zero-order valence-corrected chi connectivity index (χ0v) is 15.2. The fourth-order valence-corrected chi connectivity index (χ4v) is 5.85. The predicted molar refractivity (Wildman–Crippen MR) is 94.6 cm³/mol. The van der Waals surface area contributed by atoms with Crippen molar-refractivity contribution in [1.82, 2.24) is 0 Å². The SMILES string of the molecule is CCC1(OC(=O)COc2ccc(OC)cc2)C2CC3CC(C2)CC1C3. The Bertz CT molecular complexity index is 593. The molecular weight excluding hydrogens is 316 g/mol. The van der Waals surface area contributed by atoms with Crippen LogP contribution in [0.15, 0.2) is 24.3 Å². The normalized spacial score (nSPS) is 35.4. The van der Waals surface area contributed by atoms with Crippen LogP contribution in [0, 0.1) is 23.7 Å². The van der Waals surface area contributed by atoms with Crippen molar-refractivity contribution in [2.45, 2.75) is 51.0 Å². The standard InChI is InChI=1S/C21H28O4/c1-3-21(16-9-14-8-15(11-16)12-17(21)10-14)25-20(22)13-24-19-6-4-18(23-2)5-7-19/h4-7,14-17H,3,8-13H2,1-2H3. The van der Waals surface area contributed by atoms with E-state index >= 15 is 0 Å². The van der Waals surface area contributed by atoms with Gasteiger partial charge >= 0.3 is 5.97 Å². The first-order chi connectivity index (χ1) is 12.1. The van der Waals surface area contributed by atoms with E-state index < -0.39 is 0 Å². The van der Waals surface area contributed by atoms with Crippen LogP contribution in [0.1, 0.15) is 45.4 Å². The van der Waals surface area contributed by atoms with Crippen LogP contribution in [-0.4, -0.2) is 25.3 Å². The number of ether oxygens (including phenoxy) is 3. The van der Waals surface area contributed by atoms with Gasteiger partial charge in [-0.3, -0.25) is 0 Å². The topological polar surface area (TPSA) is 44.8 Å². The van der Waals surface area contributed by atoms with Crippen molar-refractivity contribution in [3.63, 3.8) is 0 Å². The highest BCUT2D eigenvalue weighted by atomic mass is 16.6. The van der Waals surface area contributed by atoms with Crippen LogP contribution in [0.5, 0.6) is 11.5 Å². The quantitative estimate of drug-likeness (QED) is 0.725. The Hall–Kier alpha value is -1.71. The Morgan fingerprint density at radius 3 is 2.08 bits per heavy atom. The number of hydrogen-bond donors (Lipinski definition) is 0. The van der Waals surface area contributed by atoms with Gasteiger partial charge < -0.3 is 14.2 Å². The van der Waals surface area contributed by atoms with Crippen LogP contribution >= 0.6 is 0 Å². The lowest BCUT2D eigenvalue weighted by Crippen LogP contribution is -2.59. The molecule has 0 saturated heterocycles. The van der Waals surface area contributed by atoms with E-state index in [0.717, 1.165) is 24.0 Å². The molecule has 0 radical (unpaired) electrons. The van der Waals surface area contributed by atoms with E-state index in [4.69, 9.17) is 14.2 Å². The van der Waals surface area contributed by atoms with Gasteiger partial charge in [-0.2, -0.15) is 0 Å². The van der Waals surface area contributed by atoms with E-state index in [-0.39, 0.29) is 18.2 Å². The van der Waals surface area contributed by atoms with Crippen molar-refractivity contribution >= 4 is 5.97 Å². The number of esters is 1. The van der Waals surface area contributed by atoms with Crippen LogP contribution in [0.25, 0.3) is 0 Å². The van der Waals surface area contributed by atoms with E-state index in [1.54, 1.807) is 7.11 Å². The second-order valence-electron chi connectivity index (χ2n) is 8.05. The van der Waals surface area contributed by atoms with Gasteiger partial charge in [-0.25, -0.2) is 4.79 Å². The molecule has 4 aliphatic carbocycles. The molecular formula is C21H28O4. The highest BCUT2D eigenvalue weighted by Crippen LogP contribution is 2.60. The average molecular weight is 344 g/mol. The van der Waals surface area contributed by atoms with Gasteiger partial charge in [0.2, 0.25) is 0 Å². The second kappa shape index (κ2) is 6.54. The van der Waals surface area contributed by atoms with Gasteiger partial charge in [-0.05, 0) is 86.5 Å². The third-order valence-corrected chi connectivity index (χ3v) is 6.79. The van der Waals surface area contributed by atoms with Gasteiger partial charge in [0.15, 0.2) is 6.61 Å². The Kier molecular flexibility index (Phi) is 4.38. The van der Waals surface area contributed by atoms with Gasteiger partial charge in [-0.1, -0.05) is 6.92 Å². The predicted octanol–water partition coefficient (Wildman–Crippen LogP) is 4.22. The molecule has 0 N–H and O–H groups in total. The van der Waals surface area contributed by atoms with E-state index in [9.17, 15) is 4.79 Å². The monoisotopic (exact) mass is 344 g/mol. The van der Waals surface area contributed by atoms with Crippen LogP contribution in [0.2, 0.25) is 0 Å². The van der Waals surface area contributed by atoms with Crippen LogP contribution < -0.4 is 9.47 Å². The molecule has 5 rings (SSSR count). The summed E-state index contributed by atoms with van der Waals surface area (Å²) in [7, 11) is 1.63. The fraction of sp³-hybridized carbons (Fsp3) is 0.667. The Balaban J connectivity index is 1.39. The lowest BCUT2D eigenvalue weighted by Gasteiger charge is -2.60. The first-order valence-electron chi connectivity index (χ1n) is 9.61. The molecule has 0 heterocycles. The van der Waals surface area contributed by atoms with Crippen molar-refractivity contribution in [1.29, 1.82) is 0 Å². The number of hydrogen-bond acceptors (Lipinski definition) is 4. The second-order valence-corrected chi connectivity index (χ2v) is 8.05. The molecule has 4 nitrogen and oxygen atoms in total. The Morgan fingerprint density at radius 1 is 1.00 bits per heavy atom. The molecule has 0 aromatic heterocycles. The number of carbonyl (C=O) groups excluding carboxylic acids is 1. The van der Waals surface area contributed by atoms with Crippen molar-refractivity contribution < 1.29 is 19.0 Å². The Morgan fingerprint density at radius 2 is 1.56 bits per heavy atom. The maximum Gasteiger partial charge on any atom is 0.344 e.